The van der Waals surface area contributed by atoms with Crippen LogP contribution in [-0.2, 0) is 25.4 Å². The van der Waals surface area contributed by atoms with E-state index in [1.54, 1.807) is 72.8 Å². The molecule has 3 rings (SSSR count). The molecular formula is C23H22O4S2. The van der Waals surface area contributed by atoms with Crippen LogP contribution in [0.15, 0.2) is 88.0 Å². The van der Waals surface area contributed by atoms with Crippen molar-refractivity contribution in [3.63, 3.8) is 0 Å². The Hall–Kier alpha value is -2.70. The second-order valence-corrected chi connectivity index (χ2v) is 10.8. The van der Waals surface area contributed by atoms with Crippen LogP contribution in [0.5, 0.6) is 0 Å². The lowest BCUT2D eigenvalue weighted by Gasteiger charge is -2.06. The van der Waals surface area contributed by atoms with Crippen molar-refractivity contribution in [2.24, 2.45) is 0 Å². The molecule has 0 bridgehead atoms. The second kappa shape index (κ2) is 8.35. The van der Waals surface area contributed by atoms with Crippen LogP contribution in [0.3, 0.4) is 0 Å². The maximum Gasteiger partial charge on any atom is 0.199 e. The molecule has 3 aromatic carbocycles. The number of rotatable bonds is 6. The minimum atomic E-state index is -3.53. The minimum absolute atomic E-state index is 0.109. The van der Waals surface area contributed by atoms with Crippen molar-refractivity contribution in [2.75, 3.05) is 0 Å². The Balaban J connectivity index is 1.74. The minimum Gasteiger partial charge on any atom is -0.223 e. The highest BCUT2D eigenvalue weighted by Crippen LogP contribution is 2.19. The number of hydrogen-bond acceptors (Lipinski definition) is 4. The first-order valence-corrected chi connectivity index (χ1v) is 12.2. The average Bonchev–Trinajstić information content (AvgIpc) is 2.68. The summed E-state index contributed by atoms with van der Waals surface area (Å²) in [6, 6.07) is 20.2. The summed E-state index contributed by atoms with van der Waals surface area (Å²) in [5, 5.41) is 1.16. The summed E-state index contributed by atoms with van der Waals surface area (Å²) in [4.78, 5) is 0.524. The first-order chi connectivity index (χ1) is 13.7. The van der Waals surface area contributed by atoms with Crippen LogP contribution >= 0.6 is 0 Å². The van der Waals surface area contributed by atoms with E-state index in [0.29, 0.717) is 11.1 Å². The summed E-state index contributed by atoms with van der Waals surface area (Å²) in [6.07, 6.45) is 1.51. The zero-order chi connectivity index (χ0) is 21.1. The van der Waals surface area contributed by atoms with E-state index in [-0.39, 0.29) is 15.5 Å². The van der Waals surface area contributed by atoms with Gasteiger partial charge in [-0.05, 0) is 55.3 Å². The zero-order valence-corrected chi connectivity index (χ0v) is 17.9. The molecule has 0 heterocycles. The molecule has 0 aliphatic rings. The summed E-state index contributed by atoms with van der Waals surface area (Å²) < 4.78 is 49.9. The smallest absolute Gasteiger partial charge is 0.199 e. The van der Waals surface area contributed by atoms with E-state index in [1.807, 2.05) is 13.8 Å². The maximum atomic E-state index is 12.5. The van der Waals surface area contributed by atoms with Crippen molar-refractivity contribution < 1.29 is 16.8 Å². The fourth-order valence-electron chi connectivity index (χ4n) is 2.75. The Morgan fingerprint density at radius 1 is 0.655 bits per heavy atom. The highest BCUT2D eigenvalue weighted by atomic mass is 32.2. The molecule has 29 heavy (non-hydrogen) atoms. The molecule has 0 N–H and O–H groups in total. The van der Waals surface area contributed by atoms with Gasteiger partial charge in [0.25, 0.3) is 0 Å². The van der Waals surface area contributed by atoms with E-state index in [9.17, 15) is 16.8 Å². The Morgan fingerprint density at radius 3 is 1.66 bits per heavy atom. The van der Waals surface area contributed by atoms with Gasteiger partial charge in [0.05, 0.1) is 15.5 Å². The predicted molar refractivity (Wildman–Crippen MR) is 116 cm³/mol. The molecule has 0 unspecified atom stereocenters. The molecule has 0 fully saturated rings. The summed E-state index contributed by atoms with van der Waals surface area (Å²) in [5.74, 6) is -0.109. The molecule has 0 radical (unpaired) electrons. The van der Waals surface area contributed by atoms with Crippen molar-refractivity contribution in [1.29, 1.82) is 0 Å². The van der Waals surface area contributed by atoms with Gasteiger partial charge in [-0.1, -0.05) is 59.7 Å². The zero-order valence-electron chi connectivity index (χ0n) is 16.2. The van der Waals surface area contributed by atoms with Crippen molar-refractivity contribution in [3.8, 4) is 0 Å². The molecule has 150 valence electrons. The fourth-order valence-corrected chi connectivity index (χ4v) is 5.11. The van der Waals surface area contributed by atoms with Crippen LogP contribution in [0.25, 0.3) is 6.08 Å². The van der Waals surface area contributed by atoms with Gasteiger partial charge in [-0.3, -0.25) is 0 Å². The van der Waals surface area contributed by atoms with Crippen LogP contribution in [0.4, 0.5) is 0 Å². The number of hydrogen-bond donors (Lipinski definition) is 0. The predicted octanol–water partition coefficient (Wildman–Crippen LogP) is 4.72. The topological polar surface area (TPSA) is 68.3 Å². The quantitative estimate of drug-likeness (QED) is 0.572. The second-order valence-electron chi connectivity index (χ2n) is 6.97. The summed E-state index contributed by atoms with van der Waals surface area (Å²) in [7, 11) is -6.96. The van der Waals surface area contributed by atoms with Gasteiger partial charge in [-0.2, -0.15) is 0 Å². The first kappa shape index (κ1) is 21.0. The Bertz CT molecular complexity index is 1220. The van der Waals surface area contributed by atoms with Crippen LogP contribution < -0.4 is 0 Å². The highest BCUT2D eigenvalue weighted by Gasteiger charge is 2.15. The molecule has 0 saturated carbocycles. The third-order valence-electron chi connectivity index (χ3n) is 4.51. The van der Waals surface area contributed by atoms with E-state index >= 15 is 0 Å². The summed E-state index contributed by atoms with van der Waals surface area (Å²) in [5.41, 5.74) is 3.31. The Kier molecular flexibility index (Phi) is 6.05. The Morgan fingerprint density at radius 2 is 1.14 bits per heavy atom. The van der Waals surface area contributed by atoms with Gasteiger partial charge in [0.1, 0.15) is 0 Å². The van der Waals surface area contributed by atoms with Crippen molar-refractivity contribution in [2.45, 2.75) is 29.4 Å². The normalized spacial score (nSPS) is 12.3. The van der Waals surface area contributed by atoms with Crippen LogP contribution in [-0.4, -0.2) is 16.8 Å². The lowest BCUT2D eigenvalue weighted by Crippen LogP contribution is -2.04. The lowest BCUT2D eigenvalue weighted by atomic mass is 10.1. The average molecular weight is 427 g/mol. The maximum absolute atomic E-state index is 12.5. The molecule has 3 aromatic rings. The van der Waals surface area contributed by atoms with Gasteiger partial charge < -0.3 is 0 Å². The SMILES string of the molecule is Cc1ccc(S(=O)(=O)/C=C/c2ccc(CS(=O)(=O)c3ccc(C)cc3)cc2)cc1. The fraction of sp³-hybridized carbons (Fsp3) is 0.130. The number of aryl methyl sites for hydroxylation is 2. The molecular weight excluding hydrogens is 404 g/mol. The number of benzene rings is 3. The number of sulfone groups is 2. The van der Waals surface area contributed by atoms with Gasteiger partial charge in [0.2, 0.25) is 0 Å². The first-order valence-electron chi connectivity index (χ1n) is 9.04. The van der Waals surface area contributed by atoms with E-state index in [1.165, 1.54) is 6.08 Å². The van der Waals surface area contributed by atoms with Crippen LogP contribution in [0.1, 0.15) is 22.3 Å². The standard InChI is InChI=1S/C23H22O4S2/c1-18-3-11-22(12-4-18)28(24,25)16-15-20-7-9-21(10-8-20)17-29(26,27)23-13-5-19(2)6-14-23/h3-16H,17H2,1-2H3/b16-15+. The van der Waals surface area contributed by atoms with E-state index in [0.717, 1.165) is 16.5 Å². The van der Waals surface area contributed by atoms with Crippen molar-refractivity contribution >= 4 is 25.8 Å². The van der Waals surface area contributed by atoms with Crippen LogP contribution in [0.2, 0.25) is 0 Å². The highest BCUT2D eigenvalue weighted by molar-refractivity contribution is 7.94. The van der Waals surface area contributed by atoms with Crippen molar-refractivity contribution in [3.05, 3.63) is 100 Å². The molecule has 6 heteroatoms. The molecule has 0 aliphatic carbocycles. The van der Waals surface area contributed by atoms with E-state index < -0.39 is 19.7 Å². The van der Waals surface area contributed by atoms with Gasteiger partial charge in [0, 0.05) is 5.41 Å². The molecule has 4 nitrogen and oxygen atoms in total. The van der Waals surface area contributed by atoms with E-state index in [2.05, 4.69) is 0 Å². The molecule has 0 aromatic heterocycles. The third kappa shape index (κ3) is 5.43. The van der Waals surface area contributed by atoms with Gasteiger partial charge >= 0.3 is 0 Å². The summed E-state index contributed by atoms with van der Waals surface area (Å²) in [6.45, 7) is 3.80. The van der Waals surface area contributed by atoms with Crippen molar-refractivity contribution in [1.82, 2.24) is 0 Å². The van der Waals surface area contributed by atoms with Gasteiger partial charge in [-0.15, -0.1) is 0 Å². The molecule has 0 aliphatic heterocycles. The monoisotopic (exact) mass is 426 g/mol. The van der Waals surface area contributed by atoms with Gasteiger partial charge in [-0.25, -0.2) is 16.8 Å². The lowest BCUT2D eigenvalue weighted by molar-refractivity contribution is 0.595. The van der Waals surface area contributed by atoms with Crippen LogP contribution in [0, 0.1) is 13.8 Å². The summed E-state index contributed by atoms with van der Waals surface area (Å²) >= 11 is 0. The van der Waals surface area contributed by atoms with Gasteiger partial charge in [0.15, 0.2) is 19.7 Å². The molecule has 0 saturated heterocycles. The largest absolute Gasteiger partial charge is 0.223 e. The molecule has 0 atom stereocenters. The third-order valence-corrected chi connectivity index (χ3v) is 7.63. The molecule has 0 amide bonds. The Labute approximate surface area is 172 Å². The molecule has 0 spiro atoms. The van der Waals surface area contributed by atoms with E-state index in [4.69, 9.17) is 0 Å².